The van der Waals surface area contributed by atoms with Gasteiger partial charge in [0, 0.05) is 30.1 Å². The van der Waals surface area contributed by atoms with Gasteiger partial charge in [0.25, 0.3) is 5.56 Å². The number of carbonyl (C=O) groups excluding carboxylic acids is 1. The number of fused-ring (bicyclic) bond motifs is 1. The monoisotopic (exact) mass is 365 g/mol. The van der Waals surface area contributed by atoms with Crippen LogP contribution in [-0.4, -0.2) is 25.9 Å². The number of aromatic nitrogens is 4. The third kappa shape index (κ3) is 3.63. The standard InChI is InChI=1S/C20H23N5O2/c1-25-20(27)15-10-6-5-9-14(15)17(24-25)12-19(26)21-18-11-16(22-23-18)13-7-3-2-4-8-13/h5-6,9-11,13H,2-4,7-8,12H2,1H3,(H2,21,22,23,26). The molecular formula is C20H23N5O2. The highest BCUT2D eigenvalue weighted by molar-refractivity contribution is 5.94. The lowest BCUT2D eigenvalue weighted by Crippen LogP contribution is -2.24. The fourth-order valence-corrected chi connectivity index (χ4v) is 3.87. The summed E-state index contributed by atoms with van der Waals surface area (Å²) in [5.74, 6) is 0.842. The summed E-state index contributed by atoms with van der Waals surface area (Å²) in [4.78, 5) is 24.7. The summed E-state index contributed by atoms with van der Waals surface area (Å²) in [7, 11) is 1.60. The van der Waals surface area contributed by atoms with Crippen LogP contribution in [0.2, 0.25) is 0 Å². The topological polar surface area (TPSA) is 92.7 Å². The minimum atomic E-state index is -0.201. The van der Waals surface area contributed by atoms with Gasteiger partial charge in [-0.1, -0.05) is 37.5 Å². The summed E-state index contributed by atoms with van der Waals surface area (Å²) < 4.78 is 1.28. The van der Waals surface area contributed by atoms with Crippen LogP contribution in [0.3, 0.4) is 0 Å². The molecule has 1 aliphatic carbocycles. The second-order valence-electron chi connectivity index (χ2n) is 7.19. The van der Waals surface area contributed by atoms with E-state index in [2.05, 4.69) is 20.6 Å². The van der Waals surface area contributed by atoms with Crippen molar-refractivity contribution in [2.75, 3.05) is 5.32 Å². The fourth-order valence-electron chi connectivity index (χ4n) is 3.87. The number of benzene rings is 1. The second kappa shape index (κ2) is 7.34. The zero-order valence-corrected chi connectivity index (χ0v) is 15.4. The first kappa shape index (κ1) is 17.5. The Bertz CT molecular complexity index is 1030. The van der Waals surface area contributed by atoms with E-state index in [9.17, 15) is 9.59 Å². The number of aryl methyl sites for hydroxylation is 1. The van der Waals surface area contributed by atoms with E-state index in [1.165, 1.54) is 36.8 Å². The zero-order chi connectivity index (χ0) is 18.8. The van der Waals surface area contributed by atoms with Crippen LogP contribution in [0.1, 0.15) is 49.4 Å². The van der Waals surface area contributed by atoms with Gasteiger partial charge in [0.2, 0.25) is 5.91 Å². The van der Waals surface area contributed by atoms with Gasteiger partial charge in [-0.15, -0.1) is 0 Å². The van der Waals surface area contributed by atoms with Gasteiger partial charge in [-0.2, -0.15) is 10.2 Å². The van der Waals surface area contributed by atoms with Crippen LogP contribution < -0.4 is 10.9 Å². The summed E-state index contributed by atoms with van der Waals surface area (Å²) in [6.07, 6.45) is 6.22. The summed E-state index contributed by atoms with van der Waals surface area (Å²) in [6, 6.07) is 9.16. The van der Waals surface area contributed by atoms with Crippen molar-refractivity contribution in [2.24, 2.45) is 7.05 Å². The van der Waals surface area contributed by atoms with E-state index in [1.54, 1.807) is 13.1 Å². The lowest BCUT2D eigenvalue weighted by Gasteiger charge is -2.19. The van der Waals surface area contributed by atoms with Crippen LogP contribution >= 0.6 is 0 Å². The van der Waals surface area contributed by atoms with Gasteiger partial charge >= 0.3 is 0 Å². The number of hydrogen-bond acceptors (Lipinski definition) is 4. The Kier molecular flexibility index (Phi) is 4.75. The molecule has 0 saturated heterocycles. The minimum Gasteiger partial charge on any atom is -0.309 e. The number of H-pyrrole nitrogens is 1. The van der Waals surface area contributed by atoms with Crippen LogP contribution in [0, 0.1) is 0 Å². The lowest BCUT2D eigenvalue weighted by atomic mass is 9.87. The van der Waals surface area contributed by atoms with E-state index >= 15 is 0 Å². The summed E-state index contributed by atoms with van der Waals surface area (Å²) in [5.41, 5.74) is 1.50. The normalized spacial score (nSPS) is 15.1. The van der Waals surface area contributed by atoms with Gasteiger partial charge in [-0.3, -0.25) is 14.7 Å². The van der Waals surface area contributed by atoms with E-state index in [0.717, 1.165) is 5.69 Å². The van der Waals surface area contributed by atoms with Crippen LogP contribution in [0.4, 0.5) is 5.82 Å². The molecular weight excluding hydrogens is 342 g/mol. The molecule has 27 heavy (non-hydrogen) atoms. The maximum absolute atomic E-state index is 12.5. The van der Waals surface area contributed by atoms with Crippen molar-refractivity contribution in [3.63, 3.8) is 0 Å². The molecule has 7 nitrogen and oxygen atoms in total. The Morgan fingerprint density at radius 2 is 1.96 bits per heavy atom. The predicted octanol–water partition coefficient (Wildman–Crippen LogP) is 2.89. The Morgan fingerprint density at radius 1 is 1.22 bits per heavy atom. The van der Waals surface area contributed by atoms with Gasteiger partial charge in [-0.25, -0.2) is 4.68 Å². The second-order valence-corrected chi connectivity index (χ2v) is 7.19. The Balaban J connectivity index is 1.50. The van der Waals surface area contributed by atoms with Crippen LogP contribution in [0.15, 0.2) is 35.1 Å². The molecule has 2 aromatic heterocycles. The van der Waals surface area contributed by atoms with Gasteiger partial charge < -0.3 is 5.32 Å². The molecule has 0 aliphatic heterocycles. The average molecular weight is 365 g/mol. The fraction of sp³-hybridized carbons (Fsp3) is 0.400. The third-order valence-corrected chi connectivity index (χ3v) is 5.27. The van der Waals surface area contributed by atoms with E-state index in [0.29, 0.717) is 28.2 Å². The summed E-state index contributed by atoms with van der Waals surface area (Å²) in [5, 5.41) is 15.7. The highest BCUT2D eigenvalue weighted by Gasteiger charge is 2.19. The number of rotatable bonds is 4. The Hall–Kier alpha value is -2.96. The lowest BCUT2D eigenvalue weighted by molar-refractivity contribution is -0.115. The first-order valence-electron chi connectivity index (χ1n) is 9.42. The molecule has 0 bridgehead atoms. The molecule has 140 valence electrons. The van der Waals surface area contributed by atoms with Crippen molar-refractivity contribution in [2.45, 2.75) is 44.4 Å². The Labute approximate surface area is 156 Å². The number of hydrogen-bond donors (Lipinski definition) is 2. The smallest absolute Gasteiger partial charge is 0.274 e. The number of aromatic amines is 1. The van der Waals surface area contributed by atoms with Crippen LogP contribution in [0.5, 0.6) is 0 Å². The van der Waals surface area contributed by atoms with E-state index in [-0.39, 0.29) is 17.9 Å². The maximum Gasteiger partial charge on any atom is 0.274 e. The predicted molar refractivity (Wildman–Crippen MR) is 104 cm³/mol. The minimum absolute atomic E-state index is 0.0836. The van der Waals surface area contributed by atoms with Crippen molar-refractivity contribution in [3.8, 4) is 0 Å². The number of nitrogens with one attached hydrogen (secondary N) is 2. The quantitative estimate of drug-likeness (QED) is 0.743. The highest BCUT2D eigenvalue weighted by atomic mass is 16.2. The first-order chi connectivity index (χ1) is 13.1. The number of carbonyl (C=O) groups is 1. The first-order valence-corrected chi connectivity index (χ1v) is 9.42. The van der Waals surface area contributed by atoms with Crippen molar-refractivity contribution >= 4 is 22.5 Å². The van der Waals surface area contributed by atoms with Crippen molar-refractivity contribution < 1.29 is 4.79 Å². The molecule has 0 radical (unpaired) electrons. The Morgan fingerprint density at radius 3 is 2.74 bits per heavy atom. The molecule has 0 atom stereocenters. The summed E-state index contributed by atoms with van der Waals surface area (Å²) >= 11 is 0. The zero-order valence-electron chi connectivity index (χ0n) is 15.4. The van der Waals surface area contributed by atoms with Crippen molar-refractivity contribution in [1.82, 2.24) is 20.0 Å². The van der Waals surface area contributed by atoms with Crippen molar-refractivity contribution in [1.29, 1.82) is 0 Å². The number of nitrogens with zero attached hydrogens (tertiary/aromatic N) is 3. The summed E-state index contributed by atoms with van der Waals surface area (Å²) in [6.45, 7) is 0. The van der Waals surface area contributed by atoms with E-state index in [1.807, 2.05) is 24.3 Å². The largest absolute Gasteiger partial charge is 0.309 e. The van der Waals surface area contributed by atoms with Gasteiger partial charge in [0.1, 0.15) is 0 Å². The third-order valence-electron chi connectivity index (χ3n) is 5.27. The molecule has 2 heterocycles. The van der Waals surface area contributed by atoms with E-state index in [4.69, 9.17) is 0 Å². The molecule has 4 rings (SSSR count). The molecule has 7 heteroatoms. The molecule has 3 aromatic rings. The molecule has 1 amide bonds. The molecule has 0 unspecified atom stereocenters. The SMILES string of the molecule is Cn1nc(CC(=O)Nc2cc(C3CCCCC3)[nH]n2)c2ccccc2c1=O. The maximum atomic E-state index is 12.5. The van der Waals surface area contributed by atoms with Gasteiger partial charge in [0.15, 0.2) is 5.82 Å². The van der Waals surface area contributed by atoms with Gasteiger partial charge in [0.05, 0.1) is 17.5 Å². The van der Waals surface area contributed by atoms with Crippen LogP contribution in [0.25, 0.3) is 10.8 Å². The van der Waals surface area contributed by atoms with E-state index < -0.39 is 0 Å². The molecule has 1 aliphatic rings. The van der Waals surface area contributed by atoms with Crippen LogP contribution in [-0.2, 0) is 18.3 Å². The number of amides is 1. The molecule has 0 spiro atoms. The molecule has 1 fully saturated rings. The number of anilines is 1. The van der Waals surface area contributed by atoms with Crippen molar-refractivity contribution in [3.05, 3.63) is 52.1 Å². The highest BCUT2D eigenvalue weighted by Crippen LogP contribution is 2.32. The molecule has 2 N–H and O–H groups in total. The average Bonchev–Trinajstić information content (AvgIpc) is 3.15. The molecule has 1 aromatic carbocycles. The van der Waals surface area contributed by atoms with Gasteiger partial charge in [-0.05, 0) is 18.9 Å². The molecule has 1 saturated carbocycles.